The van der Waals surface area contributed by atoms with Crippen LogP contribution in [0.5, 0.6) is 11.5 Å². The van der Waals surface area contributed by atoms with Gasteiger partial charge in [0.2, 0.25) is 0 Å². The van der Waals surface area contributed by atoms with Gasteiger partial charge in [-0.25, -0.2) is 4.79 Å². The van der Waals surface area contributed by atoms with Gasteiger partial charge >= 0.3 is 6.03 Å². The van der Waals surface area contributed by atoms with Crippen LogP contribution >= 0.6 is 27.5 Å². The molecule has 2 aromatic carbocycles. The van der Waals surface area contributed by atoms with Crippen molar-refractivity contribution in [2.45, 2.75) is 43.2 Å². The third-order valence-corrected chi connectivity index (χ3v) is 8.23. The highest BCUT2D eigenvalue weighted by Gasteiger charge is 2.50. The minimum Gasteiger partial charge on any atom is -0.493 e. The summed E-state index contributed by atoms with van der Waals surface area (Å²) in [6.45, 7) is 1.04. The average Bonchev–Trinajstić information content (AvgIpc) is 3.13. The zero-order chi connectivity index (χ0) is 22.9. The number of halogens is 2. The van der Waals surface area contributed by atoms with Gasteiger partial charge in [0.15, 0.2) is 11.5 Å². The largest absolute Gasteiger partial charge is 0.493 e. The molecule has 2 fully saturated rings. The van der Waals surface area contributed by atoms with Gasteiger partial charge in [0, 0.05) is 27.7 Å². The highest BCUT2D eigenvalue weighted by molar-refractivity contribution is 9.10. The molecule has 1 aliphatic heterocycles. The third-order valence-electron chi connectivity index (χ3n) is 7.00. The molecule has 0 spiro atoms. The fourth-order valence-corrected chi connectivity index (χ4v) is 5.75. The number of likely N-dealkylation sites (tertiary alicyclic amines) is 1. The molecular formula is C24H29BrClN3O3. The highest BCUT2D eigenvalue weighted by Crippen LogP contribution is 2.49. The van der Waals surface area contributed by atoms with Gasteiger partial charge in [0.25, 0.3) is 0 Å². The SMILES string of the molecule is COc1ccc([C@@]23CC[C@H](NC(=O)Nc4ccc(Br)c(Cl)c4)C[C@H]2N(C)CC3)cc1OC. The first kappa shape index (κ1) is 23.2. The van der Waals surface area contributed by atoms with Crippen LogP contribution in [0.1, 0.15) is 31.2 Å². The highest BCUT2D eigenvalue weighted by atomic mass is 79.9. The minimum atomic E-state index is -0.201. The van der Waals surface area contributed by atoms with E-state index in [-0.39, 0.29) is 17.5 Å². The fraction of sp³-hybridized carbons (Fsp3) is 0.458. The zero-order valence-corrected chi connectivity index (χ0v) is 20.9. The molecule has 1 saturated carbocycles. The van der Waals surface area contributed by atoms with Gasteiger partial charge in [-0.1, -0.05) is 17.7 Å². The van der Waals surface area contributed by atoms with Crippen LogP contribution in [0.25, 0.3) is 0 Å². The number of amides is 2. The number of hydrogen-bond donors (Lipinski definition) is 2. The summed E-state index contributed by atoms with van der Waals surface area (Å²) >= 11 is 9.51. The molecule has 2 N–H and O–H groups in total. The number of nitrogens with zero attached hydrogens (tertiary/aromatic N) is 1. The van der Waals surface area contributed by atoms with Gasteiger partial charge in [-0.3, -0.25) is 0 Å². The molecule has 1 saturated heterocycles. The van der Waals surface area contributed by atoms with E-state index in [2.05, 4.69) is 50.6 Å². The molecule has 4 rings (SSSR count). The van der Waals surface area contributed by atoms with Crippen molar-refractivity contribution >= 4 is 39.2 Å². The number of rotatable bonds is 5. The minimum absolute atomic E-state index is 0.0577. The maximum absolute atomic E-state index is 12.6. The van der Waals surface area contributed by atoms with Crippen LogP contribution in [0.2, 0.25) is 5.02 Å². The maximum Gasteiger partial charge on any atom is 0.319 e. The third kappa shape index (κ3) is 4.43. The van der Waals surface area contributed by atoms with Crippen molar-refractivity contribution in [3.8, 4) is 11.5 Å². The molecule has 8 heteroatoms. The van der Waals surface area contributed by atoms with Crippen molar-refractivity contribution < 1.29 is 14.3 Å². The molecule has 2 amide bonds. The Balaban J connectivity index is 1.47. The normalized spacial score (nSPS) is 25.2. The van der Waals surface area contributed by atoms with Crippen molar-refractivity contribution in [2.75, 3.05) is 33.1 Å². The van der Waals surface area contributed by atoms with Crippen molar-refractivity contribution in [3.63, 3.8) is 0 Å². The number of methoxy groups -OCH3 is 2. The van der Waals surface area contributed by atoms with E-state index in [1.165, 1.54) is 5.56 Å². The zero-order valence-electron chi connectivity index (χ0n) is 18.6. The fourth-order valence-electron chi connectivity index (χ4n) is 5.32. The first-order chi connectivity index (χ1) is 15.4. The number of carbonyl (C=O) groups is 1. The lowest BCUT2D eigenvalue weighted by molar-refractivity contribution is 0.156. The van der Waals surface area contributed by atoms with Crippen molar-refractivity contribution in [2.24, 2.45) is 0 Å². The van der Waals surface area contributed by atoms with Gasteiger partial charge in [-0.2, -0.15) is 0 Å². The van der Waals surface area contributed by atoms with Crippen LogP contribution in [0.3, 0.4) is 0 Å². The molecule has 3 atom stereocenters. The summed E-state index contributed by atoms with van der Waals surface area (Å²) in [6.07, 6.45) is 3.93. The predicted octanol–water partition coefficient (Wildman–Crippen LogP) is 5.44. The van der Waals surface area contributed by atoms with Crippen LogP contribution in [0, 0.1) is 0 Å². The number of likely N-dealkylation sites (N-methyl/N-ethyl adjacent to an activating group) is 1. The summed E-state index contributed by atoms with van der Waals surface area (Å²) in [5.41, 5.74) is 2.02. The second-order valence-corrected chi connectivity index (χ2v) is 9.93. The second kappa shape index (κ2) is 9.49. The Labute approximate surface area is 202 Å². The standard InChI is InChI=1S/C24H29BrClN3O3/c1-29-11-10-24(15-4-7-20(31-2)21(12-15)32-3)9-8-17(14-22(24)29)28-23(30)27-16-5-6-18(25)19(26)13-16/h4-7,12-13,17,22H,8-11,14H2,1-3H3,(H2,27,28,30)/t17-,22+,24-/m0/s1. The summed E-state index contributed by atoms with van der Waals surface area (Å²) in [4.78, 5) is 15.1. The summed E-state index contributed by atoms with van der Waals surface area (Å²) in [6, 6.07) is 11.9. The van der Waals surface area contributed by atoms with E-state index in [9.17, 15) is 4.79 Å². The topological polar surface area (TPSA) is 62.8 Å². The van der Waals surface area contributed by atoms with E-state index in [1.54, 1.807) is 20.3 Å². The number of urea groups is 1. The smallest absolute Gasteiger partial charge is 0.319 e. The average molecular weight is 523 g/mol. The molecule has 2 aliphatic rings. The van der Waals surface area contributed by atoms with Crippen LogP contribution in [-0.2, 0) is 5.41 Å². The molecular weight excluding hydrogens is 494 g/mol. The Morgan fingerprint density at radius 2 is 1.94 bits per heavy atom. The van der Waals surface area contributed by atoms with Crippen molar-refractivity contribution in [1.82, 2.24) is 10.2 Å². The molecule has 0 radical (unpaired) electrons. The van der Waals surface area contributed by atoms with Crippen LogP contribution < -0.4 is 20.1 Å². The quantitative estimate of drug-likeness (QED) is 0.549. The Bertz CT molecular complexity index is 1000. The first-order valence-electron chi connectivity index (χ1n) is 10.8. The molecule has 0 unspecified atom stereocenters. The summed E-state index contributed by atoms with van der Waals surface area (Å²) in [7, 11) is 5.52. The summed E-state index contributed by atoms with van der Waals surface area (Å²) in [5.74, 6) is 1.51. The Morgan fingerprint density at radius 1 is 1.16 bits per heavy atom. The van der Waals surface area contributed by atoms with Gasteiger partial charge in [0.05, 0.1) is 19.2 Å². The maximum atomic E-state index is 12.6. The number of ether oxygens (including phenoxy) is 2. The van der Waals surface area contributed by atoms with E-state index in [1.807, 2.05) is 18.2 Å². The Hall–Kier alpha value is -1.96. The van der Waals surface area contributed by atoms with Gasteiger partial charge in [-0.05, 0) is 91.1 Å². The number of benzene rings is 2. The van der Waals surface area contributed by atoms with Crippen LogP contribution in [-0.4, -0.2) is 50.8 Å². The lowest BCUT2D eigenvalue weighted by atomic mass is 9.65. The van der Waals surface area contributed by atoms with Crippen LogP contribution in [0.4, 0.5) is 10.5 Å². The first-order valence-corrected chi connectivity index (χ1v) is 12.0. The van der Waals surface area contributed by atoms with Gasteiger partial charge in [-0.15, -0.1) is 0 Å². The molecule has 1 aliphatic carbocycles. The monoisotopic (exact) mass is 521 g/mol. The predicted molar refractivity (Wildman–Crippen MR) is 131 cm³/mol. The van der Waals surface area contributed by atoms with Gasteiger partial charge in [0.1, 0.15) is 0 Å². The number of hydrogen-bond acceptors (Lipinski definition) is 4. The molecule has 2 aromatic rings. The molecule has 32 heavy (non-hydrogen) atoms. The number of carbonyl (C=O) groups excluding carboxylic acids is 1. The Kier molecular flexibility index (Phi) is 6.89. The van der Waals surface area contributed by atoms with E-state index in [0.29, 0.717) is 16.8 Å². The lowest BCUT2D eigenvalue weighted by Gasteiger charge is -2.45. The molecule has 6 nitrogen and oxygen atoms in total. The molecule has 0 bridgehead atoms. The van der Waals surface area contributed by atoms with E-state index >= 15 is 0 Å². The second-order valence-electron chi connectivity index (χ2n) is 8.67. The van der Waals surface area contributed by atoms with Crippen molar-refractivity contribution in [3.05, 3.63) is 51.5 Å². The van der Waals surface area contributed by atoms with Crippen LogP contribution in [0.15, 0.2) is 40.9 Å². The molecule has 1 heterocycles. The summed E-state index contributed by atoms with van der Waals surface area (Å²) in [5, 5.41) is 6.63. The number of fused-ring (bicyclic) bond motifs is 1. The lowest BCUT2D eigenvalue weighted by Crippen LogP contribution is -2.52. The van der Waals surface area contributed by atoms with Crippen molar-refractivity contribution in [1.29, 1.82) is 0 Å². The van der Waals surface area contributed by atoms with E-state index in [0.717, 1.165) is 48.2 Å². The summed E-state index contributed by atoms with van der Waals surface area (Å²) < 4.78 is 11.8. The van der Waals surface area contributed by atoms with E-state index < -0.39 is 0 Å². The Morgan fingerprint density at radius 3 is 2.66 bits per heavy atom. The molecule has 172 valence electrons. The molecule has 0 aromatic heterocycles. The number of anilines is 1. The number of nitrogens with one attached hydrogen (secondary N) is 2. The van der Waals surface area contributed by atoms with E-state index in [4.69, 9.17) is 21.1 Å². The van der Waals surface area contributed by atoms with Gasteiger partial charge < -0.3 is 25.0 Å².